The highest BCUT2D eigenvalue weighted by Crippen LogP contribution is 2.18. The third kappa shape index (κ3) is 0.939. The average Bonchev–Trinajstić information content (AvgIpc) is 2.29. The molecule has 0 radical (unpaired) electrons. The molecule has 0 unspecified atom stereocenters. The molecule has 0 aliphatic carbocycles. The third-order valence-electron chi connectivity index (χ3n) is 2.14. The predicted octanol–water partition coefficient (Wildman–Crippen LogP) is 1.57. The second-order valence-corrected chi connectivity index (χ2v) is 2.96. The second kappa shape index (κ2) is 2.70. The van der Waals surface area contributed by atoms with E-state index in [9.17, 15) is 0 Å². The molecule has 4 nitrogen and oxygen atoms in total. The maximum absolute atomic E-state index is 4.20. The van der Waals surface area contributed by atoms with Gasteiger partial charge in [0, 0.05) is 17.0 Å². The van der Waals surface area contributed by atoms with Crippen LogP contribution in [-0.2, 0) is 0 Å². The van der Waals surface area contributed by atoms with Crippen LogP contribution in [-0.4, -0.2) is 20.2 Å². The first-order valence-electron chi connectivity index (χ1n) is 4.26. The molecule has 0 saturated heterocycles. The van der Waals surface area contributed by atoms with Crippen molar-refractivity contribution >= 4 is 21.9 Å². The molecule has 3 rings (SSSR count). The minimum absolute atomic E-state index is 0.744. The zero-order valence-electron chi connectivity index (χ0n) is 7.25. The van der Waals surface area contributed by atoms with Crippen LogP contribution in [0.15, 0.2) is 36.8 Å². The van der Waals surface area contributed by atoms with Crippen molar-refractivity contribution in [3.63, 3.8) is 0 Å². The summed E-state index contributed by atoms with van der Waals surface area (Å²) in [4.78, 5) is 8.37. The van der Waals surface area contributed by atoms with Crippen LogP contribution in [0.5, 0.6) is 0 Å². The van der Waals surface area contributed by atoms with E-state index in [4.69, 9.17) is 0 Å². The summed E-state index contributed by atoms with van der Waals surface area (Å²) in [6, 6.07) is 5.80. The van der Waals surface area contributed by atoms with Gasteiger partial charge in [-0.3, -0.25) is 0 Å². The standard InChI is InChI=1S/C10H6N4/c1-2-8-7-3-5-13-14-9(7)6-12-10(8)11-4-1/h1-6H. The molecule has 0 spiro atoms. The van der Waals surface area contributed by atoms with Crippen LogP contribution in [0, 0.1) is 0 Å². The van der Waals surface area contributed by atoms with E-state index in [0.717, 1.165) is 21.9 Å². The van der Waals surface area contributed by atoms with E-state index in [1.54, 1.807) is 18.6 Å². The Morgan fingerprint density at radius 2 is 1.93 bits per heavy atom. The average molecular weight is 182 g/mol. The highest BCUT2D eigenvalue weighted by Gasteiger charge is 2.01. The lowest BCUT2D eigenvalue weighted by Gasteiger charge is -1.99. The van der Waals surface area contributed by atoms with E-state index in [1.165, 1.54) is 0 Å². The lowest BCUT2D eigenvalue weighted by atomic mass is 10.2. The van der Waals surface area contributed by atoms with Gasteiger partial charge in [-0.05, 0) is 18.2 Å². The SMILES string of the molecule is c1cnc2ncc3nnccc3c2c1. The Hall–Kier alpha value is -2.10. The van der Waals surface area contributed by atoms with Gasteiger partial charge in [-0.25, -0.2) is 9.97 Å². The molecule has 0 saturated carbocycles. The first-order chi connectivity index (χ1) is 6.95. The van der Waals surface area contributed by atoms with Gasteiger partial charge in [0.05, 0.1) is 12.4 Å². The van der Waals surface area contributed by atoms with Crippen LogP contribution < -0.4 is 0 Å². The molecular formula is C10H6N4. The maximum Gasteiger partial charge on any atom is 0.159 e. The fourth-order valence-electron chi connectivity index (χ4n) is 1.50. The van der Waals surface area contributed by atoms with E-state index in [1.807, 2.05) is 18.2 Å². The first kappa shape index (κ1) is 7.32. The number of aromatic nitrogens is 4. The summed E-state index contributed by atoms with van der Waals surface area (Å²) < 4.78 is 0. The molecular weight excluding hydrogens is 176 g/mol. The first-order valence-corrected chi connectivity index (χ1v) is 4.26. The zero-order chi connectivity index (χ0) is 9.38. The maximum atomic E-state index is 4.20. The van der Waals surface area contributed by atoms with Crippen molar-refractivity contribution < 1.29 is 0 Å². The topological polar surface area (TPSA) is 51.6 Å². The van der Waals surface area contributed by atoms with Gasteiger partial charge in [-0.2, -0.15) is 5.10 Å². The lowest BCUT2D eigenvalue weighted by molar-refractivity contribution is 1.07. The normalized spacial score (nSPS) is 10.9. The summed E-state index contributed by atoms with van der Waals surface area (Å²) in [5.74, 6) is 0. The van der Waals surface area contributed by atoms with Gasteiger partial charge in [-0.1, -0.05) is 0 Å². The Labute approximate surface area is 79.6 Å². The molecule has 0 N–H and O–H groups in total. The van der Waals surface area contributed by atoms with Crippen LogP contribution in [0.4, 0.5) is 0 Å². The van der Waals surface area contributed by atoms with Gasteiger partial charge in [0.15, 0.2) is 5.65 Å². The van der Waals surface area contributed by atoms with Crippen LogP contribution in [0.2, 0.25) is 0 Å². The molecule has 66 valence electrons. The minimum atomic E-state index is 0.744. The summed E-state index contributed by atoms with van der Waals surface area (Å²) >= 11 is 0. The van der Waals surface area contributed by atoms with Crippen molar-refractivity contribution in [2.75, 3.05) is 0 Å². The summed E-state index contributed by atoms with van der Waals surface area (Å²) in [5, 5.41) is 9.85. The number of nitrogens with zero attached hydrogens (tertiary/aromatic N) is 4. The molecule has 3 aromatic heterocycles. The van der Waals surface area contributed by atoms with Gasteiger partial charge in [0.2, 0.25) is 0 Å². The monoisotopic (exact) mass is 182 g/mol. The molecule has 0 fully saturated rings. The molecule has 0 aliphatic heterocycles. The summed E-state index contributed by atoms with van der Waals surface area (Å²) in [6.07, 6.45) is 5.10. The third-order valence-corrected chi connectivity index (χ3v) is 2.14. The van der Waals surface area contributed by atoms with E-state index < -0.39 is 0 Å². The Kier molecular flexibility index (Phi) is 1.41. The van der Waals surface area contributed by atoms with Crippen LogP contribution >= 0.6 is 0 Å². The molecule has 0 aliphatic rings. The number of pyridine rings is 2. The van der Waals surface area contributed by atoms with Gasteiger partial charge in [0.1, 0.15) is 5.52 Å². The van der Waals surface area contributed by atoms with Crippen LogP contribution in [0.3, 0.4) is 0 Å². The van der Waals surface area contributed by atoms with E-state index in [2.05, 4.69) is 20.2 Å². The predicted molar refractivity (Wildman–Crippen MR) is 52.6 cm³/mol. The minimum Gasteiger partial charge on any atom is -0.237 e. The summed E-state index contributed by atoms with van der Waals surface area (Å²) in [5.41, 5.74) is 1.54. The second-order valence-electron chi connectivity index (χ2n) is 2.96. The molecule has 14 heavy (non-hydrogen) atoms. The fraction of sp³-hybridized carbons (Fsp3) is 0. The number of hydrogen-bond donors (Lipinski definition) is 0. The van der Waals surface area contributed by atoms with Crippen LogP contribution in [0.25, 0.3) is 21.9 Å². The molecule has 3 aromatic rings. The van der Waals surface area contributed by atoms with E-state index in [0.29, 0.717) is 0 Å². The Bertz CT molecular complexity index is 551. The lowest BCUT2D eigenvalue weighted by Crippen LogP contribution is -1.88. The summed E-state index contributed by atoms with van der Waals surface area (Å²) in [6.45, 7) is 0. The Balaban J connectivity index is 2.61. The number of rotatable bonds is 0. The fourth-order valence-corrected chi connectivity index (χ4v) is 1.50. The smallest absolute Gasteiger partial charge is 0.159 e. The molecule has 0 aromatic carbocycles. The van der Waals surface area contributed by atoms with Crippen molar-refractivity contribution in [2.45, 2.75) is 0 Å². The van der Waals surface area contributed by atoms with E-state index >= 15 is 0 Å². The van der Waals surface area contributed by atoms with Gasteiger partial charge >= 0.3 is 0 Å². The quantitative estimate of drug-likeness (QED) is 0.495. The van der Waals surface area contributed by atoms with Gasteiger partial charge < -0.3 is 0 Å². The van der Waals surface area contributed by atoms with E-state index in [-0.39, 0.29) is 0 Å². The Morgan fingerprint density at radius 1 is 0.929 bits per heavy atom. The highest BCUT2D eigenvalue weighted by atomic mass is 15.1. The highest BCUT2D eigenvalue weighted by molar-refractivity contribution is 6.01. The van der Waals surface area contributed by atoms with Crippen molar-refractivity contribution in [1.29, 1.82) is 0 Å². The number of fused-ring (bicyclic) bond motifs is 3. The molecule has 0 amide bonds. The molecule has 0 atom stereocenters. The number of hydrogen-bond acceptors (Lipinski definition) is 4. The van der Waals surface area contributed by atoms with Crippen molar-refractivity contribution in [1.82, 2.24) is 20.2 Å². The van der Waals surface area contributed by atoms with Gasteiger partial charge in [0.25, 0.3) is 0 Å². The van der Waals surface area contributed by atoms with Crippen LogP contribution in [0.1, 0.15) is 0 Å². The summed E-state index contributed by atoms with van der Waals surface area (Å²) in [7, 11) is 0. The Morgan fingerprint density at radius 3 is 2.93 bits per heavy atom. The molecule has 3 heterocycles. The molecule has 0 bridgehead atoms. The van der Waals surface area contributed by atoms with Crippen molar-refractivity contribution in [3.05, 3.63) is 36.8 Å². The largest absolute Gasteiger partial charge is 0.237 e. The zero-order valence-corrected chi connectivity index (χ0v) is 7.25. The van der Waals surface area contributed by atoms with Crippen molar-refractivity contribution in [3.8, 4) is 0 Å². The molecule has 4 heteroatoms. The van der Waals surface area contributed by atoms with Crippen molar-refractivity contribution in [2.24, 2.45) is 0 Å². The van der Waals surface area contributed by atoms with Gasteiger partial charge in [-0.15, -0.1) is 5.10 Å².